The maximum Gasteiger partial charge on any atom is 0.456 e. The molecule has 0 aromatic heterocycles. The minimum Gasteiger partial charge on any atom is -0.360 e. The fourth-order valence-electron chi connectivity index (χ4n) is 1.69. The molecule has 2 aromatic carbocycles. The second-order valence-corrected chi connectivity index (χ2v) is 6.36. The third-order valence-corrected chi connectivity index (χ3v) is 4.58. The molecule has 0 aliphatic carbocycles. The zero-order chi connectivity index (χ0) is 15.5. The van der Waals surface area contributed by atoms with Crippen molar-refractivity contribution in [1.29, 1.82) is 0 Å². The number of carbonyl (C=O) groups is 1. The molecule has 0 fully saturated rings. The molecule has 2 aromatic rings. The first-order valence-corrected chi connectivity index (χ1v) is 7.65. The summed E-state index contributed by atoms with van der Waals surface area (Å²) in [5.41, 5.74) is 9.00. The zero-order valence-corrected chi connectivity index (χ0v) is 12.2. The number of nitrogens with zero attached hydrogens (tertiary/aromatic N) is 2. The predicted octanol–water partition coefficient (Wildman–Crippen LogP) is 2.62. The second kappa shape index (κ2) is 6.01. The van der Waals surface area contributed by atoms with Crippen molar-refractivity contribution in [3.63, 3.8) is 0 Å². The van der Waals surface area contributed by atoms with Crippen LogP contribution in [0.1, 0.15) is 10.4 Å². The van der Waals surface area contributed by atoms with Crippen molar-refractivity contribution in [1.82, 2.24) is 0 Å². The van der Waals surface area contributed by atoms with Crippen LogP contribution < -0.4 is 0 Å². The Kier molecular flexibility index (Phi) is 4.33. The monoisotopic (exact) mass is 320 g/mol. The Morgan fingerprint density at radius 1 is 1.05 bits per heavy atom. The van der Waals surface area contributed by atoms with Crippen LogP contribution in [-0.2, 0) is 9.84 Å². The van der Waals surface area contributed by atoms with Gasteiger partial charge in [-0.25, -0.2) is 8.42 Å². The number of hydrogen-bond acceptors (Lipinski definition) is 3. The maximum absolute atomic E-state index is 12.3. The van der Waals surface area contributed by atoms with Gasteiger partial charge in [-0.15, -0.1) is 4.79 Å². The first kappa shape index (κ1) is 15.1. The summed E-state index contributed by atoms with van der Waals surface area (Å²) in [5.74, 6) is -0.927. The molecule has 0 N–H and O–H groups in total. The van der Waals surface area contributed by atoms with Crippen molar-refractivity contribution in [3.05, 3.63) is 70.7 Å². The lowest BCUT2D eigenvalue weighted by Gasteiger charge is -2.00. The van der Waals surface area contributed by atoms with Gasteiger partial charge in [-0.3, -0.25) is 4.79 Å². The lowest BCUT2D eigenvalue weighted by atomic mass is 10.1. The Bertz CT molecular complexity index is 842. The Morgan fingerprint density at radius 3 is 2.29 bits per heavy atom. The molecule has 21 heavy (non-hydrogen) atoms. The van der Waals surface area contributed by atoms with Crippen molar-refractivity contribution in [2.45, 2.75) is 4.90 Å². The minimum atomic E-state index is -4.20. The molecule has 106 valence electrons. The number of benzene rings is 2. The van der Waals surface area contributed by atoms with Crippen LogP contribution in [-0.4, -0.2) is 24.0 Å². The van der Waals surface area contributed by atoms with Gasteiger partial charge in [-0.2, -0.15) is 0 Å². The van der Waals surface area contributed by atoms with E-state index in [2.05, 4.69) is 4.79 Å². The molecule has 2 rings (SSSR count). The average molecular weight is 321 g/mol. The van der Waals surface area contributed by atoms with Gasteiger partial charge in [0.05, 0.1) is 4.90 Å². The predicted molar refractivity (Wildman–Crippen MR) is 78.0 cm³/mol. The Morgan fingerprint density at radius 2 is 1.71 bits per heavy atom. The van der Waals surface area contributed by atoms with Gasteiger partial charge in [0, 0.05) is 10.6 Å². The second-order valence-electron chi connectivity index (χ2n) is 4.06. The standard InChI is InChI=1S/C14H9ClN2O3S/c15-11-6-4-5-10(9-11)13(18)14(17-16)21(19,20)12-7-2-1-3-8-12/h1-9H. The maximum atomic E-state index is 12.3. The molecule has 0 amide bonds. The van der Waals surface area contributed by atoms with Gasteiger partial charge in [0.15, 0.2) is 0 Å². The summed E-state index contributed by atoms with van der Waals surface area (Å²) >= 11 is 5.76. The fraction of sp³-hybridized carbons (Fsp3) is 0. The van der Waals surface area contributed by atoms with Crippen molar-refractivity contribution < 1.29 is 18.0 Å². The Labute approximate surface area is 126 Å². The van der Waals surface area contributed by atoms with Crippen LogP contribution in [0.3, 0.4) is 0 Å². The van der Waals surface area contributed by atoms with E-state index in [1.54, 1.807) is 12.1 Å². The van der Waals surface area contributed by atoms with E-state index in [1.165, 1.54) is 42.5 Å². The van der Waals surface area contributed by atoms with Gasteiger partial charge < -0.3 is 5.53 Å². The molecule has 0 atom stereocenters. The summed E-state index contributed by atoms with van der Waals surface area (Å²) in [6.45, 7) is 0. The highest BCUT2D eigenvalue weighted by molar-refractivity contribution is 8.08. The third-order valence-electron chi connectivity index (χ3n) is 2.68. The molecule has 0 unspecified atom stereocenters. The quantitative estimate of drug-likeness (QED) is 0.286. The Balaban J connectivity index is 2.51. The first-order chi connectivity index (χ1) is 9.96. The molecule has 5 nitrogen and oxygen atoms in total. The van der Waals surface area contributed by atoms with Crippen LogP contribution in [0.2, 0.25) is 5.02 Å². The summed E-state index contributed by atoms with van der Waals surface area (Å²) in [7, 11) is -4.20. The van der Waals surface area contributed by atoms with Crippen molar-refractivity contribution in [3.8, 4) is 0 Å². The van der Waals surface area contributed by atoms with Gasteiger partial charge in [-0.05, 0) is 24.3 Å². The van der Waals surface area contributed by atoms with E-state index in [4.69, 9.17) is 17.1 Å². The van der Waals surface area contributed by atoms with Gasteiger partial charge in [0.2, 0.25) is 0 Å². The highest BCUT2D eigenvalue weighted by Gasteiger charge is 2.38. The lowest BCUT2D eigenvalue weighted by Crippen LogP contribution is -2.26. The van der Waals surface area contributed by atoms with Crippen LogP contribution >= 0.6 is 11.6 Å². The van der Waals surface area contributed by atoms with E-state index in [0.29, 0.717) is 0 Å². The van der Waals surface area contributed by atoms with Crippen molar-refractivity contribution >= 4 is 32.3 Å². The van der Waals surface area contributed by atoms with Gasteiger partial charge in [-0.1, -0.05) is 41.9 Å². The van der Waals surface area contributed by atoms with Crippen molar-refractivity contribution in [2.75, 3.05) is 0 Å². The molecular weight excluding hydrogens is 312 g/mol. The summed E-state index contributed by atoms with van der Waals surface area (Å²) in [6, 6.07) is 13.0. The molecule has 0 saturated heterocycles. The van der Waals surface area contributed by atoms with E-state index in [1.807, 2.05) is 0 Å². The topological polar surface area (TPSA) is 87.6 Å². The molecule has 0 aliphatic heterocycles. The lowest BCUT2D eigenvalue weighted by molar-refractivity contribution is -0.00158. The largest absolute Gasteiger partial charge is 0.456 e. The highest BCUT2D eigenvalue weighted by atomic mass is 35.5. The normalized spacial score (nSPS) is 10.7. The van der Waals surface area contributed by atoms with Crippen LogP contribution in [0, 0.1) is 0 Å². The van der Waals surface area contributed by atoms with E-state index in [0.717, 1.165) is 0 Å². The van der Waals surface area contributed by atoms with Gasteiger partial charge in [0.1, 0.15) is 0 Å². The fourth-order valence-corrected chi connectivity index (χ4v) is 3.08. The first-order valence-electron chi connectivity index (χ1n) is 5.79. The van der Waals surface area contributed by atoms with E-state index >= 15 is 0 Å². The molecule has 0 saturated carbocycles. The molecule has 0 radical (unpaired) electrons. The summed E-state index contributed by atoms with van der Waals surface area (Å²) in [5, 5.41) is -0.675. The third kappa shape index (κ3) is 3.08. The number of rotatable bonds is 3. The van der Waals surface area contributed by atoms with E-state index < -0.39 is 20.7 Å². The number of hydrogen-bond donors (Lipinski definition) is 0. The number of ketones is 1. The van der Waals surface area contributed by atoms with Gasteiger partial charge in [0.25, 0.3) is 15.6 Å². The van der Waals surface area contributed by atoms with Gasteiger partial charge >= 0.3 is 5.04 Å². The zero-order valence-electron chi connectivity index (χ0n) is 10.6. The molecule has 0 heterocycles. The van der Waals surface area contributed by atoms with Crippen LogP contribution in [0.4, 0.5) is 0 Å². The SMILES string of the molecule is [N-]=[N+]=C(C(=O)c1cccc(Cl)c1)S(=O)(=O)c1ccccc1. The minimum absolute atomic E-state index is 0.0230. The van der Waals surface area contributed by atoms with E-state index in [-0.39, 0.29) is 15.5 Å². The number of halogens is 1. The number of sulfone groups is 1. The number of Topliss-reactive ketones (excluding diaryl/α,β-unsaturated/α-hetero) is 1. The highest BCUT2D eigenvalue weighted by Crippen LogP contribution is 2.16. The molecule has 0 aliphatic rings. The van der Waals surface area contributed by atoms with Crippen LogP contribution in [0.15, 0.2) is 59.5 Å². The average Bonchev–Trinajstić information content (AvgIpc) is 2.48. The van der Waals surface area contributed by atoms with Crippen molar-refractivity contribution in [2.24, 2.45) is 0 Å². The molecular formula is C14H9ClN2O3S. The summed E-state index contributed by atoms with van der Waals surface area (Å²) < 4.78 is 24.6. The summed E-state index contributed by atoms with van der Waals surface area (Å²) in [6.07, 6.45) is 0. The van der Waals surface area contributed by atoms with Crippen LogP contribution in [0.25, 0.3) is 5.53 Å². The number of carbonyl (C=O) groups excluding carboxylic acids is 1. The van der Waals surface area contributed by atoms with Crippen LogP contribution in [0.5, 0.6) is 0 Å². The molecule has 0 bridgehead atoms. The summed E-state index contributed by atoms with van der Waals surface area (Å²) in [4.78, 5) is 14.8. The molecule has 7 heteroatoms. The van der Waals surface area contributed by atoms with E-state index in [9.17, 15) is 13.2 Å². The smallest absolute Gasteiger partial charge is 0.360 e. The Hall–Kier alpha value is -2.27. The molecule has 0 spiro atoms.